The lowest BCUT2D eigenvalue weighted by atomic mass is 10.1. The summed E-state index contributed by atoms with van der Waals surface area (Å²) >= 11 is 0. The molecule has 0 unspecified atom stereocenters. The minimum atomic E-state index is -2.86. The summed E-state index contributed by atoms with van der Waals surface area (Å²) in [4.78, 5) is 3.95. The quantitative estimate of drug-likeness (QED) is 0.817. The van der Waals surface area contributed by atoms with E-state index in [0.717, 1.165) is 5.56 Å². The number of pyridine rings is 1. The number of aryl methyl sites for hydroxylation is 1. The highest BCUT2D eigenvalue weighted by molar-refractivity contribution is 7.91. The Morgan fingerprint density at radius 1 is 1.47 bits per heavy atom. The topological polar surface area (TPSA) is 73.0 Å². The molecule has 0 aliphatic rings. The van der Waals surface area contributed by atoms with Gasteiger partial charge in [-0.25, -0.2) is 8.42 Å². The van der Waals surface area contributed by atoms with Crippen molar-refractivity contribution in [2.45, 2.75) is 19.8 Å². The Morgan fingerprint density at radius 3 is 2.80 bits per heavy atom. The molecule has 0 fully saturated rings. The van der Waals surface area contributed by atoms with Crippen LogP contribution < -0.4 is 5.73 Å². The smallest absolute Gasteiger partial charge is 0.150 e. The third-order valence-corrected chi connectivity index (χ3v) is 4.07. The predicted octanol–water partition coefficient (Wildman–Crippen LogP) is 1.03. The lowest BCUT2D eigenvalue weighted by Gasteiger charge is -2.04. The monoisotopic (exact) mass is 228 g/mol. The van der Waals surface area contributed by atoms with Crippen molar-refractivity contribution in [3.63, 3.8) is 0 Å². The largest absolute Gasteiger partial charge is 0.398 e. The van der Waals surface area contributed by atoms with Crippen LogP contribution in [0.4, 0.5) is 5.69 Å². The first kappa shape index (κ1) is 12.0. The molecule has 0 atom stereocenters. The van der Waals surface area contributed by atoms with E-state index in [1.165, 1.54) is 0 Å². The molecule has 0 saturated carbocycles. The Kier molecular flexibility index (Phi) is 4.08. The van der Waals surface area contributed by atoms with E-state index in [2.05, 4.69) is 4.98 Å². The van der Waals surface area contributed by atoms with E-state index in [1.54, 1.807) is 25.4 Å². The first-order valence-electron chi connectivity index (χ1n) is 4.94. The molecular weight excluding hydrogens is 212 g/mol. The van der Waals surface area contributed by atoms with E-state index < -0.39 is 9.84 Å². The van der Waals surface area contributed by atoms with Crippen LogP contribution in [-0.4, -0.2) is 24.9 Å². The molecule has 1 rings (SSSR count). The Morgan fingerprint density at radius 2 is 2.20 bits per heavy atom. The fourth-order valence-corrected chi connectivity index (χ4v) is 2.15. The van der Waals surface area contributed by atoms with Crippen LogP contribution in [0.3, 0.4) is 0 Å². The average Bonchev–Trinajstić information content (AvgIpc) is 2.21. The van der Waals surface area contributed by atoms with Crippen LogP contribution in [0.1, 0.15) is 18.9 Å². The highest BCUT2D eigenvalue weighted by atomic mass is 32.2. The minimum Gasteiger partial charge on any atom is -0.398 e. The Bertz CT molecular complexity index is 415. The van der Waals surface area contributed by atoms with Crippen LogP contribution in [-0.2, 0) is 16.3 Å². The molecule has 0 aliphatic carbocycles. The molecule has 5 heteroatoms. The van der Waals surface area contributed by atoms with Gasteiger partial charge in [0.2, 0.25) is 0 Å². The van der Waals surface area contributed by atoms with E-state index >= 15 is 0 Å². The van der Waals surface area contributed by atoms with Gasteiger partial charge in [0.15, 0.2) is 0 Å². The van der Waals surface area contributed by atoms with Crippen molar-refractivity contribution >= 4 is 15.5 Å². The molecule has 0 spiro atoms. The second kappa shape index (κ2) is 5.11. The van der Waals surface area contributed by atoms with Gasteiger partial charge in [-0.2, -0.15) is 0 Å². The minimum absolute atomic E-state index is 0.204. The zero-order valence-corrected chi connectivity index (χ0v) is 9.63. The number of nitrogen functional groups attached to an aromatic ring is 1. The fraction of sp³-hybridized carbons (Fsp3) is 0.500. The molecule has 1 aromatic rings. The normalized spacial score (nSPS) is 11.5. The third-order valence-electron chi connectivity index (χ3n) is 2.28. The van der Waals surface area contributed by atoms with Gasteiger partial charge in [0, 0.05) is 23.8 Å². The van der Waals surface area contributed by atoms with E-state index in [1.807, 2.05) is 0 Å². The second-order valence-corrected chi connectivity index (χ2v) is 5.89. The van der Waals surface area contributed by atoms with Crippen LogP contribution in [0.2, 0.25) is 0 Å². The number of sulfone groups is 1. The molecule has 1 heterocycles. The van der Waals surface area contributed by atoms with Gasteiger partial charge in [-0.15, -0.1) is 0 Å². The maximum atomic E-state index is 11.2. The molecule has 84 valence electrons. The first-order chi connectivity index (χ1) is 7.05. The van der Waals surface area contributed by atoms with Crippen LogP contribution in [0, 0.1) is 0 Å². The van der Waals surface area contributed by atoms with Gasteiger partial charge in [-0.3, -0.25) is 4.98 Å². The summed E-state index contributed by atoms with van der Waals surface area (Å²) in [6, 6.07) is 1.73. The Balaban J connectivity index is 2.49. The molecule has 0 saturated heterocycles. The second-order valence-electron chi connectivity index (χ2n) is 3.41. The van der Waals surface area contributed by atoms with Gasteiger partial charge in [0.05, 0.1) is 5.75 Å². The van der Waals surface area contributed by atoms with Gasteiger partial charge in [-0.1, -0.05) is 6.92 Å². The summed E-state index contributed by atoms with van der Waals surface area (Å²) in [5, 5.41) is 0. The van der Waals surface area contributed by atoms with Gasteiger partial charge in [0.25, 0.3) is 0 Å². The lowest BCUT2D eigenvalue weighted by Crippen LogP contribution is -2.09. The molecular formula is C10H16N2O2S. The van der Waals surface area contributed by atoms with Gasteiger partial charge < -0.3 is 5.73 Å². The maximum absolute atomic E-state index is 11.2. The van der Waals surface area contributed by atoms with E-state index in [4.69, 9.17) is 5.73 Å². The number of aromatic nitrogens is 1. The van der Waals surface area contributed by atoms with Crippen molar-refractivity contribution in [2.75, 3.05) is 17.2 Å². The van der Waals surface area contributed by atoms with Crippen molar-refractivity contribution in [2.24, 2.45) is 0 Å². The van der Waals surface area contributed by atoms with Crippen molar-refractivity contribution in [1.82, 2.24) is 4.98 Å². The molecule has 0 aromatic carbocycles. The number of nitrogens with two attached hydrogens (primary N) is 1. The van der Waals surface area contributed by atoms with Crippen molar-refractivity contribution in [3.05, 3.63) is 24.0 Å². The molecule has 0 amide bonds. The summed E-state index contributed by atoms with van der Waals surface area (Å²) in [5.41, 5.74) is 7.31. The van der Waals surface area contributed by atoms with Crippen molar-refractivity contribution in [3.8, 4) is 0 Å². The maximum Gasteiger partial charge on any atom is 0.150 e. The zero-order chi connectivity index (χ0) is 11.3. The molecule has 1 aromatic heterocycles. The standard InChI is InChI=1S/C10H16N2O2S/c1-2-15(13,14)7-3-4-9-8-12-6-5-10(9)11/h5-6,8H,2-4,7H2,1H3,(H2,11,12). The third kappa shape index (κ3) is 3.87. The molecule has 4 nitrogen and oxygen atoms in total. The molecule has 2 N–H and O–H groups in total. The number of hydrogen-bond acceptors (Lipinski definition) is 4. The van der Waals surface area contributed by atoms with Crippen LogP contribution in [0.5, 0.6) is 0 Å². The highest BCUT2D eigenvalue weighted by Gasteiger charge is 2.07. The van der Waals surface area contributed by atoms with Gasteiger partial charge in [0.1, 0.15) is 9.84 Å². The molecule has 0 aliphatic heterocycles. The highest BCUT2D eigenvalue weighted by Crippen LogP contribution is 2.11. The van der Waals surface area contributed by atoms with E-state index in [-0.39, 0.29) is 11.5 Å². The number of nitrogens with zero attached hydrogens (tertiary/aromatic N) is 1. The SMILES string of the molecule is CCS(=O)(=O)CCCc1cnccc1N. The summed E-state index contributed by atoms with van der Waals surface area (Å²) in [6.07, 6.45) is 4.58. The van der Waals surface area contributed by atoms with E-state index in [0.29, 0.717) is 18.5 Å². The van der Waals surface area contributed by atoms with Gasteiger partial charge in [-0.05, 0) is 24.5 Å². The summed E-state index contributed by atoms with van der Waals surface area (Å²) in [5.74, 6) is 0.424. The van der Waals surface area contributed by atoms with Crippen LogP contribution in [0.25, 0.3) is 0 Å². The lowest BCUT2D eigenvalue weighted by molar-refractivity contribution is 0.594. The molecule has 0 radical (unpaired) electrons. The average molecular weight is 228 g/mol. The number of anilines is 1. The number of hydrogen-bond donors (Lipinski definition) is 1. The van der Waals surface area contributed by atoms with Crippen LogP contribution in [0.15, 0.2) is 18.5 Å². The van der Waals surface area contributed by atoms with Crippen molar-refractivity contribution in [1.29, 1.82) is 0 Å². The summed E-state index contributed by atoms with van der Waals surface area (Å²) in [6.45, 7) is 1.66. The first-order valence-corrected chi connectivity index (χ1v) is 6.76. The number of rotatable bonds is 5. The van der Waals surface area contributed by atoms with Crippen molar-refractivity contribution < 1.29 is 8.42 Å². The summed E-state index contributed by atoms with van der Waals surface area (Å²) in [7, 11) is -2.86. The fourth-order valence-electron chi connectivity index (χ4n) is 1.27. The zero-order valence-electron chi connectivity index (χ0n) is 8.81. The van der Waals surface area contributed by atoms with Crippen LogP contribution >= 0.6 is 0 Å². The molecule has 15 heavy (non-hydrogen) atoms. The van der Waals surface area contributed by atoms with Gasteiger partial charge >= 0.3 is 0 Å². The summed E-state index contributed by atoms with van der Waals surface area (Å²) < 4.78 is 22.5. The predicted molar refractivity (Wildman–Crippen MR) is 61.3 cm³/mol. The molecule has 0 bridgehead atoms. The van der Waals surface area contributed by atoms with E-state index in [9.17, 15) is 8.42 Å². The Labute approximate surface area is 90.4 Å². The Hall–Kier alpha value is -1.10.